The van der Waals surface area contributed by atoms with Gasteiger partial charge in [-0.2, -0.15) is 18.4 Å². The Morgan fingerprint density at radius 3 is 2.48 bits per heavy atom. The van der Waals surface area contributed by atoms with E-state index in [9.17, 15) is 18.0 Å². The predicted octanol–water partition coefficient (Wildman–Crippen LogP) is 2.54. The molecule has 0 aliphatic carbocycles. The molecule has 0 saturated carbocycles. The number of halogens is 4. The highest BCUT2D eigenvalue weighted by Gasteiger charge is 2.42. The topological polar surface area (TPSA) is 82.2 Å². The standard InChI is InChI=1S/C18H21F3N4O.ClH/c19-18(20,21)16-7-13(2-1-12(16)8-22)25-9-14(15(10-25)17(23)26)11-3-5-24-6-4-11;/h1-2,7,11,14-15,24H,3-6,9-10H2,(H2,23,26);1H/t14-,15+;/m0./s1. The summed E-state index contributed by atoms with van der Waals surface area (Å²) in [6, 6.07) is 5.29. The number of hydrogen-bond donors (Lipinski definition) is 2. The molecule has 0 unspecified atom stereocenters. The van der Waals surface area contributed by atoms with Crippen LogP contribution >= 0.6 is 12.4 Å². The highest BCUT2D eigenvalue weighted by molar-refractivity contribution is 5.85. The van der Waals surface area contributed by atoms with Gasteiger partial charge in [-0.05, 0) is 56.0 Å². The van der Waals surface area contributed by atoms with Gasteiger partial charge >= 0.3 is 6.18 Å². The van der Waals surface area contributed by atoms with Crippen molar-refractivity contribution in [2.24, 2.45) is 23.5 Å². The zero-order valence-corrected chi connectivity index (χ0v) is 15.4. The van der Waals surface area contributed by atoms with E-state index >= 15 is 0 Å². The van der Waals surface area contributed by atoms with Gasteiger partial charge in [0.2, 0.25) is 5.91 Å². The van der Waals surface area contributed by atoms with Crippen molar-refractivity contribution < 1.29 is 18.0 Å². The van der Waals surface area contributed by atoms with Crippen LogP contribution in [0.4, 0.5) is 18.9 Å². The van der Waals surface area contributed by atoms with Crippen LogP contribution in [-0.2, 0) is 11.0 Å². The van der Waals surface area contributed by atoms with Gasteiger partial charge in [-0.3, -0.25) is 4.79 Å². The smallest absolute Gasteiger partial charge is 0.370 e. The minimum absolute atomic E-state index is 0. The zero-order valence-electron chi connectivity index (χ0n) is 14.6. The summed E-state index contributed by atoms with van der Waals surface area (Å²) >= 11 is 0. The first-order valence-electron chi connectivity index (χ1n) is 8.67. The Balaban J connectivity index is 0.00000261. The number of nitrogens with zero attached hydrogens (tertiary/aromatic N) is 2. The average Bonchev–Trinajstić information content (AvgIpc) is 3.07. The quantitative estimate of drug-likeness (QED) is 0.814. The molecule has 27 heavy (non-hydrogen) atoms. The number of nitrogens with one attached hydrogen (secondary N) is 1. The number of nitrogens with two attached hydrogens (primary N) is 1. The molecule has 2 aliphatic rings. The molecule has 2 atom stereocenters. The van der Waals surface area contributed by atoms with E-state index in [0.717, 1.165) is 32.0 Å². The van der Waals surface area contributed by atoms with E-state index in [-0.39, 0.29) is 24.2 Å². The third-order valence-electron chi connectivity index (χ3n) is 5.51. The van der Waals surface area contributed by atoms with Crippen LogP contribution in [-0.4, -0.2) is 32.1 Å². The Morgan fingerprint density at radius 2 is 1.93 bits per heavy atom. The van der Waals surface area contributed by atoms with Crippen molar-refractivity contribution in [1.29, 1.82) is 5.26 Å². The number of carbonyl (C=O) groups is 1. The lowest BCUT2D eigenvalue weighted by Gasteiger charge is -2.30. The Morgan fingerprint density at radius 1 is 1.26 bits per heavy atom. The number of anilines is 1. The van der Waals surface area contributed by atoms with Gasteiger partial charge in [-0.25, -0.2) is 0 Å². The van der Waals surface area contributed by atoms with Gasteiger partial charge in [0.05, 0.1) is 23.1 Å². The minimum Gasteiger partial charge on any atom is -0.370 e. The molecule has 9 heteroatoms. The van der Waals surface area contributed by atoms with Crippen molar-refractivity contribution in [3.63, 3.8) is 0 Å². The lowest BCUT2D eigenvalue weighted by atomic mass is 9.78. The molecule has 1 amide bonds. The van der Waals surface area contributed by atoms with E-state index in [1.54, 1.807) is 11.0 Å². The number of nitriles is 1. The van der Waals surface area contributed by atoms with Crippen molar-refractivity contribution >= 4 is 24.0 Å². The summed E-state index contributed by atoms with van der Waals surface area (Å²) < 4.78 is 39.7. The van der Waals surface area contributed by atoms with Crippen LogP contribution in [0.1, 0.15) is 24.0 Å². The van der Waals surface area contributed by atoms with Gasteiger partial charge in [0.25, 0.3) is 0 Å². The number of alkyl halides is 3. The second-order valence-electron chi connectivity index (χ2n) is 7.00. The third kappa shape index (κ3) is 4.47. The van der Waals surface area contributed by atoms with Crippen LogP contribution < -0.4 is 16.0 Å². The summed E-state index contributed by atoms with van der Waals surface area (Å²) in [5, 5.41) is 12.2. The first-order chi connectivity index (χ1) is 12.3. The van der Waals surface area contributed by atoms with Crippen LogP contribution in [0, 0.1) is 29.1 Å². The monoisotopic (exact) mass is 402 g/mol. The highest BCUT2D eigenvalue weighted by Crippen LogP contribution is 2.39. The summed E-state index contributed by atoms with van der Waals surface area (Å²) in [4.78, 5) is 13.7. The van der Waals surface area contributed by atoms with Gasteiger partial charge in [0.15, 0.2) is 0 Å². The van der Waals surface area contributed by atoms with Gasteiger partial charge in [0, 0.05) is 18.8 Å². The van der Waals surface area contributed by atoms with Crippen molar-refractivity contribution in [3.05, 3.63) is 29.3 Å². The number of carbonyl (C=O) groups excluding carboxylic acids is 1. The van der Waals surface area contributed by atoms with E-state index in [1.807, 2.05) is 0 Å². The fraction of sp³-hybridized carbons (Fsp3) is 0.556. The molecular formula is C18H22ClF3N4O. The Kier molecular flexibility index (Phi) is 6.60. The summed E-state index contributed by atoms with van der Waals surface area (Å²) in [5.41, 5.74) is 4.60. The van der Waals surface area contributed by atoms with Gasteiger partial charge < -0.3 is 16.0 Å². The fourth-order valence-corrected chi connectivity index (χ4v) is 4.15. The van der Waals surface area contributed by atoms with Gasteiger partial charge in [-0.1, -0.05) is 0 Å². The number of primary amides is 1. The molecule has 5 nitrogen and oxygen atoms in total. The number of amides is 1. The lowest BCUT2D eigenvalue weighted by molar-refractivity contribution is -0.137. The van der Waals surface area contributed by atoms with Crippen LogP contribution in [0.25, 0.3) is 0 Å². The molecule has 3 rings (SSSR count). The number of benzene rings is 1. The van der Waals surface area contributed by atoms with E-state index in [1.165, 1.54) is 12.1 Å². The van der Waals surface area contributed by atoms with E-state index in [0.29, 0.717) is 24.7 Å². The predicted molar refractivity (Wildman–Crippen MR) is 97.4 cm³/mol. The molecule has 0 bridgehead atoms. The molecule has 2 saturated heterocycles. The van der Waals surface area contributed by atoms with E-state index in [4.69, 9.17) is 11.0 Å². The SMILES string of the molecule is Cl.N#Cc1ccc(N2C[C@@H](C(N)=O)[C@H](C3CCNCC3)C2)cc1C(F)(F)F. The summed E-state index contributed by atoms with van der Waals surface area (Å²) in [6.07, 6.45) is -2.73. The molecule has 3 N–H and O–H groups in total. The van der Waals surface area contributed by atoms with Crippen molar-refractivity contribution in [2.45, 2.75) is 19.0 Å². The minimum atomic E-state index is -4.60. The Labute approximate surface area is 162 Å². The molecule has 2 heterocycles. The van der Waals surface area contributed by atoms with Crippen LogP contribution in [0.5, 0.6) is 0 Å². The van der Waals surface area contributed by atoms with Gasteiger partial charge in [0.1, 0.15) is 0 Å². The average molecular weight is 403 g/mol. The van der Waals surface area contributed by atoms with Crippen molar-refractivity contribution in [3.8, 4) is 6.07 Å². The zero-order chi connectivity index (χ0) is 18.9. The maximum Gasteiger partial charge on any atom is 0.417 e. The fourth-order valence-electron chi connectivity index (χ4n) is 4.15. The normalized spacial score (nSPS) is 23.6. The summed E-state index contributed by atoms with van der Waals surface area (Å²) in [7, 11) is 0. The molecule has 2 aliphatic heterocycles. The number of hydrogen-bond acceptors (Lipinski definition) is 4. The van der Waals surface area contributed by atoms with Crippen LogP contribution in [0.3, 0.4) is 0 Å². The maximum atomic E-state index is 13.2. The second kappa shape index (κ2) is 8.36. The maximum absolute atomic E-state index is 13.2. The number of piperidine rings is 1. The van der Waals surface area contributed by atoms with Crippen molar-refractivity contribution in [1.82, 2.24) is 5.32 Å². The first-order valence-corrected chi connectivity index (χ1v) is 8.67. The third-order valence-corrected chi connectivity index (χ3v) is 5.51. The molecule has 1 aromatic carbocycles. The molecule has 0 spiro atoms. The molecule has 0 aromatic heterocycles. The molecule has 0 radical (unpaired) electrons. The molecule has 2 fully saturated rings. The Hall–Kier alpha value is -1.98. The molecule has 148 valence electrons. The molecule has 1 aromatic rings. The van der Waals surface area contributed by atoms with Crippen LogP contribution in [0.2, 0.25) is 0 Å². The van der Waals surface area contributed by atoms with E-state index in [2.05, 4.69) is 5.32 Å². The highest BCUT2D eigenvalue weighted by atomic mass is 35.5. The van der Waals surface area contributed by atoms with Crippen molar-refractivity contribution in [2.75, 3.05) is 31.1 Å². The first kappa shape index (κ1) is 21.3. The van der Waals surface area contributed by atoms with E-state index < -0.39 is 23.2 Å². The van der Waals surface area contributed by atoms with Crippen LogP contribution in [0.15, 0.2) is 18.2 Å². The molecular weight excluding hydrogens is 381 g/mol. The summed E-state index contributed by atoms with van der Waals surface area (Å²) in [5.74, 6) is -0.400. The Bertz CT molecular complexity index is 728. The van der Waals surface area contributed by atoms with Gasteiger partial charge in [-0.15, -0.1) is 12.4 Å². The lowest BCUT2D eigenvalue weighted by Crippen LogP contribution is -2.38. The largest absolute Gasteiger partial charge is 0.417 e. The summed E-state index contributed by atoms with van der Waals surface area (Å²) in [6.45, 7) is 2.57. The second-order valence-corrected chi connectivity index (χ2v) is 7.00. The number of rotatable bonds is 3.